The van der Waals surface area contributed by atoms with Crippen LogP contribution in [0.2, 0.25) is 0 Å². The van der Waals surface area contributed by atoms with E-state index >= 15 is 0 Å². The van der Waals surface area contributed by atoms with Crippen LogP contribution in [0.5, 0.6) is 0 Å². The largest absolute Gasteiger partial charge is 0.303 e. The van der Waals surface area contributed by atoms with E-state index < -0.39 is 0 Å². The van der Waals surface area contributed by atoms with Gasteiger partial charge in [-0.05, 0) is 25.0 Å². The highest BCUT2D eigenvalue weighted by Gasteiger charge is 2.36. The fraction of sp³-hybridized carbons (Fsp3) is 0.294. The van der Waals surface area contributed by atoms with E-state index in [1.54, 1.807) is 23.1 Å². The van der Waals surface area contributed by atoms with E-state index in [1.807, 2.05) is 13.0 Å². The number of alkyl halides is 1. The van der Waals surface area contributed by atoms with Crippen molar-refractivity contribution in [2.45, 2.75) is 30.3 Å². The van der Waals surface area contributed by atoms with Crippen LogP contribution in [0.1, 0.15) is 22.0 Å². The monoisotopic (exact) mass is 454 g/mol. The van der Waals surface area contributed by atoms with E-state index in [2.05, 4.69) is 63.3 Å². The predicted octanol–water partition coefficient (Wildman–Crippen LogP) is 4.57. The summed E-state index contributed by atoms with van der Waals surface area (Å²) in [5.74, 6) is 0. The molecule has 0 aliphatic carbocycles. The molecule has 6 heteroatoms. The molecule has 0 radical (unpaired) electrons. The van der Waals surface area contributed by atoms with Crippen LogP contribution in [0.3, 0.4) is 0 Å². The van der Waals surface area contributed by atoms with Crippen molar-refractivity contribution < 1.29 is 0 Å². The van der Waals surface area contributed by atoms with Crippen LogP contribution < -0.4 is 5.56 Å². The van der Waals surface area contributed by atoms with Gasteiger partial charge in [-0.1, -0.05) is 64.7 Å². The zero-order chi connectivity index (χ0) is 16.1. The van der Waals surface area contributed by atoms with Crippen molar-refractivity contribution in [1.82, 2.24) is 9.55 Å². The summed E-state index contributed by atoms with van der Waals surface area (Å²) in [6, 6.07) is 10.8. The highest BCUT2D eigenvalue weighted by Crippen LogP contribution is 2.46. The zero-order valence-electron chi connectivity index (χ0n) is 12.7. The number of halogens is 1. The Labute approximate surface area is 156 Å². The summed E-state index contributed by atoms with van der Waals surface area (Å²) in [6.45, 7) is 4.11. The van der Waals surface area contributed by atoms with E-state index in [0.717, 1.165) is 25.4 Å². The first-order valence-corrected chi connectivity index (χ1v) is 10.6. The van der Waals surface area contributed by atoms with Gasteiger partial charge >= 0.3 is 0 Å². The molecule has 1 aromatic carbocycles. The number of aromatic nitrogens is 2. The summed E-state index contributed by atoms with van der Waals surface area (Å²) < 4.78 is 3.31. The topological polar surface area (TPSA) is 34.9 Å². The smallest absolute Gasteiger partial charge is 0.282 e. The van der Waals surface area contributed by atoms with Crippen molar-refractivity contribution in [3.05, 3.63) is 56.7 Å². The van der Waals surface area contributed by atoms with E-state index in [9.17, 15) is 4.79 Å². The highest BCUT2D eigenvalue weighted by molar-refractivity contribution is 14.1. The Morgan fingerprint density at radius 3 is 2.70 bits per heavy atom. The Kier molecular flexibility index (Phi) is 4.01. The third kappa shape index (κ3) is 2.37. The van der Waals surface area contributed by atoms with Crippen molar-refractivity contribution in [2.75, 3.05) is 4.43 Å². The molecule has 0 amide bonds. The lowest BCUT2D eigenvalue weighted by Crippen LogP contribution is -2.20. The van der Waals surface area contributed by atoms with Gasteiger partial charge in [-0.15, -0.1) is 11.3 Å². The first-order valence-electron chi connectivity index (χ1n) is 7.41. The molecule has 0 saturated carbocycles. The van der Waals surface area contributed by atoms with Crippen molar-refractivity contribution >= 4 is 55.9 Å². The summed E-state index contributed by atoms with van der Waals surface area (Å²) in [5, 5.41) is 2.06. The number of aryl methyl sites for hydroxylation is 2. The fourth-order valence-electron chi connectivity index (χ4n) is 3.14. The number of rotatable bonds is 2. The maximum atomic E-state index is 12.5. The molecule has 1 aliphatic heterocycles. The summed E-state index contributed by atoms with van der Waals surface area (Å²) in [4.78, 5) is 19.2. The molecule has 0 N–H and O–H groups in total. The van der Waals surface area contributed by atoms with Gasteiger partial charge in [-0.25, -0.2) is 0 Å². The number of fused-ring (bicyclic) bond motifs is 3. The van der Waals surface area contributed by atoms with E-state index in [-0.39, 0.29) is 11.6 Å². The Morgan fingerprint density at radius 2 is 2.00 bits per heavy atom. The molecule has 3 nitrogen and oxygen atoms in total. The standard InChI is InChI=1S/C17H15IN2OS2/c1-9-10(2)22-16-13(9)15(21)19-17-20(16)14(12(8-18)23-17)11-6-4-3-5-7-11/h3-7,12,14H,8H2,1-2H3/t12-,14-/m1/s1. The van der Waals surface area contributed by atoms with E-state index in [0.29, 0.717) is 5.25 Å². The van der Waals surface area contributed by atoms with Gasteiger partial charge in [0.25, 0.3) is 5.56 Å². The highest BCUT2D eigenvalue weighted by atomic mass is 127. The van der Waals surface area contributed by atoms with Gasteiger partial charge < -0.3 is 4.57 Å². The van der Waals surface area contributed by atoms with Crippen LogP contribution in [0.25, 0.3) is 10.2 Å². The predicted molar refractivity (Wildman–Crippen MR) is 106 cm³/mol. The molecule has 1 aliphatic rings. The summed E-state index contributed by atoms with van der Waals surface area (Å²) in [5.41, 5.74) is 2.28. The van der Waals surface area contributed by atoms with E-state index in [4.69, 9.17) is 0 Å². The molecule has 3 heterocycles. The molecule has 0 unspecified atom stereocenters. The van der Waals surface area contributed by atoms with E-state index in [1.165, 1.54) is 10.4 Å². The zero-order valence-corrected chi connectivity index (χ0v) is 16.5. The maximum absolute atomic E-state index is 12.5. The Balaban J connectivity index is 2.05. The number of thioether (sulfide) groups is 1. The van der Waals surface area contributed by atoms with Crippen molar-refractivity contribution in [1.29, 1.82) is 0 Å². The Hall–Kier alpha value is -0.860. The maximum Gasteiger partial charge on any atom is 0.282 e. The minimum Gasteiger partial charge on any atom is -0.303 e. The SMILES string of the molecule is Cc1sc2c(c1C)c(=O)nc1n2[C@H](c2ccccc2)[C@@H](CI)S1. The minimum atomic E-state index is -0.0819. The van der Waals surface area contributed by atoms with Crippen LogP contribution in [-0.2, 0) is 0 Å². The van der Waals surface area contributed by atoms with Crippen LogP contribution in [0, 0.1) is 13.8 Å². The normalized spacial score (nSPS) is 20.1. The molecular weight excluding hydrogens is 439 g/mol. The molecule has 3 aromatic rings. The summed E-state index contributed by atoms with van der Waals surface area (Å²) in [6.07, 6.45) is 0. The first-order chi connectivity index (χ1) is 11.1. The van der Waals surface area contributed by atoms with Crippen LogP contribution in [-0.4, -0.2) is 19.2 Å². The first kappa shape index (κ1) is 15.7. The van der Waals surface area contributed by atoms with Gasteiger partial charge in [-0.3, -0.25) is 4.79 Å². The number of benzene rings is 1. The van der Waals surface area contributed by atoms with Gasteiger partial charge in [0, 0.05) is 14.6 Å². The second-order valence-corrected chi connectivity index (χ2v) is 8.99. The minimum absolute atomic E-state index is 0.0819. The van der Waals surface area contributed by atoms with Gasteiger partial charge in [-0.2, -0.15) is 4.98 Å². The number of hydrogen-bond acceptors (Lipinski definition) is 4. The number of thiophene rings is 1. The van der Waals surface area contributed by atoms with Crippen molar-refractivity contribution in [3.8, 4) is 0 Å². The second kappa shape index (κ2) is 5.89. The molecule has 118 valence electrons. The lowest BCUT2D eigenvalue weighted by atomic mass is 10.0. The molecule has 0 fully saturated rings. The summed E-state index contributed by atoms with van der Waals surface area (Å²) >= 11 is 5.89. The molecule has 4 rings (SSSR count). The van der Waals surface area contributed by atoms with Gasteiger partial charge in [0.05, 0.1) is 11.4 Å². The Morgan fingerprint density at radius 1 is 1.26 bits per heavy atom. The molecule has 23 heavy (non-hydrogen) atoms. The number of hydrogen-bond donors (Lipinski definition) is 0. The molecular formula is C17H15IN2OS2. The lowest BCUT2D eigenvalue weighted by Gasteiger charge is -2.20. The molecule has 0 spiro atoms. The second-order valence-electron chi connectivity index (χ2n) is 5.70. The molecule has 0 bridgehead atoms. The van der Waals surface area contributed by atoms with Gasteiger partial charge in [0.2, 0.25) is 0 Å². The Bertz CT molecular complexity index is 949. The molecule has 0 saturated heterocycles. The lowest BCUT2D eigenvalue weighted by molar-refractivity contribution is 0.576. The quantitative estimate of drug-likeness (QED) is 0.323. The van der Waals surface area contributed by atoms with Gasteiger partial charge in [0.15, 0.2) is 5.16 Å². The molecule has 2 aromatic heterocycles. The van der Waals surface area contributed by atoms with Crippen molar-refractivity contribution in [3.63, 3.8) is 0 Å². The van der Waals surface area contributed by atoms with Crippen molar-refractivity contribution in [2.24, 2.45) is 0 Å². The summed E-state index contributed by atoms with van der Waals surface area (Å²) in [7, 11) is 0. The third-order valence-corrected chi connectivity index (χ3v) is 8.36. The molecule has 2 atom stereocenters. The number of nitrogens with zero attached hydrogens (tertiary/aromatic N) is 2. The average molecular weight is 454 g/mol. The van der Waals surface area contributed by atoms with Gasteiger partial charge in [0.1, 0.15) is 4.83 Å². The average Bonchev–Trinajstić information content (AvgIpc) is 3.06. The van der Waals surface area contributed by atoms with Crippen LogP contribution in [0.15, 0.2) is 40.3 Å². The van der Waals surface area contributed by atoms with Crippen LogP contribution in [0.4, 0.5) is 0 Å². The third-order valence-electron chi connectivity index (χ3n) is 4.38. The van der Waals surface area contributed by atoms with Crippen LogP contribution >= 0.6 is 45.7 Å². The fourth-order valence-corrected chi connectivity index (χ4v) is 6.60.